The number of carboxylic acid groups (broad SMARTS) is 1. The maximum Gasteiger partial charge on any atom is 0.374 e. The molecule has 0 radical (unpaired) electrons. The molecule has 0 spiro atoms. The Kier molecular flexibility index (Phi) is 2.86. The van der Waals surface area contributed by atoms with E-state index < -0.39 is 11.6 Å². The van der Waals surface area contributed by atoms with Crippen LogP contribution in [0.3, 0.4) is 0 Å². The lowest BCUT2D eigenvalue weighted by molar-refractivity contribution is 0.0652. The molecule has 1 aliphatic heterocycles. The number of carbonyl (C=O) groups is 1. The van der Waals surface area contributed by atoms with Crippen LogP contribution in [0.5, 0.6) is 11.5 Å². The summed E-state index contributed by atoms with van der Waals surface area (Å²) in [5, 5.41) is 12.6. The highest BCUT2D eigenvalue weighted by Crippen LogP contribution is 2.43. The third-order valence-corrected chi connectivity index (χ3v) is 3.15. The fraction of sp³-hybridized carbons (Fsp3) is 0.286. The molecule has 0 saturated carbocycles. The molecule has 0 amide bonds. The quantitative estimate of drug-likeness (QED) is 0.936. The Morgan fingerprint density at radius 3 is 2.52 bits per heavy atom. The van der Waals surface area contributed by atoms with E-state index in [1.165, 1.54) is 26.0 Å². The molecule has 0 fully saturated rings. The van der Waals surface area contributed by atoms with Gasteiger partial charge >= 0.3 is 5.97 Å². The van der Waals surface area contributed by atoms with E-state index in [2.05, 4.69) is 5.16 Å². The first-order chi connectivity index (χ1) is 9.86. The van der Waals surface area contributed by atoms with E-state index in [-0.39, 0.29) is 18.2 Å². The Labute approximate surface area is 119 Å². The van der Waals surface area contributed by atoms with Crippen molar-refractivity contribution in [2.45, 2.75) is 19.5 Å². The number of halogens is 1. The van der Waals surface area contributed by atoms with Crippen molar-refractivity contribution in [1.29, 1.82) is 0 Å². The number of rotatable bonds is 3. The third kappa shape index (κ3) is 2.31. The lowest BCUT2D eigenvalue weighted by Gasteiger charge is -2.18. The Hall–Kier alpha value is -2.57. The summed E-state index contributed by atoms with van der Waals surface area (Å²) in [6.45, 7) is 2.85. The third-order valence-electron chi connectivity index (χ3n) is 3.15. The van der Waals surface area contributed by atoms with E-state index in [1.807, 2.05) is 0 Å². The number of alkyl halides is 1. The number of hydrogen-bond acceptors (Lipinski definition) is 5. The number of nitrogens with zero attached hydrogens (tertiary/aromatic N) is 1. The van der Waals surface area contributed by atoms with Crippen molar-refractivity contribution < 1.29 is 28.3 Å². The van der Waals surface area contributed by atoms with Gasteiger partial charge in [0.2, 0.25) is 12.6 Å². The van der Waals surface area contributed by atoms with Crippen LogP contribution in [0.25, 0.3) is 11.3 Å². The molecule has 0 saturated heterocycles. The predicted molar refractivity (Wildman–Crippen MR) is 69.2 cm³/mol. The van der Waals surface area contributed by atoms with Crippen molar-refractivity contribution in [3.8, 4) is 22.8 Å². The number of hydrogen-bond donors (Lipinski definition) is 1. The van der Waals surface area contributed by atoms with Gasteiger partial charge in [-0.15, -0.1) is 0 Å². The summed E-state index contributed by atoms with van der Waals surface area (Å²) in [6, 6.07) is 4.35. The molecular formula is C14H12FNO5. The average molecular weight is 293 g/mol. The second-order valence-electron chi connectivity index (χ2n) is 5.11. The lowest BCUT2D eigenvalue weighted by Crippen LogP contribution is -2.11. The van der Waals surface area contributed by atoms with Crippen molar-refractivity contribution in [2.24, 2.45) is 0 Å². The second kappa shape index (κ2) is 4.47. The van der Waals surface area contributed by atoms with Gasteiger partial charge in [-0.3, -0.25) is 0 Å². The molecule has 2 aromatic rings. The molecule has 21 heavy (non-hydrogen) atoms. The topological polar surface area (TPSA) is 81.8 Å². The molecular weight excluding hydrogens is 281 g/mol. The summed E-state index contributed by atoms with van der Waals surface area (Å²) in [6.07, 6.45) is 0. The molecule has 0 bridgehead atoms. The number of aromatic nitrogens is 1. The van der Waals surface area contributed by atoms with Gasteiger partial charge in [0.1, 0.15) is 11.4 Å². The molecule has 1 N–H and O–H groups in total. The summed E-state index contributed by atoms with van der Waals surface area (Å²) in [5.74, 6) is -0.653. The molecule has 1 aromatic carbocycles. The number of benzene rings is 1. The maximum atomic E-state index is 14.4. The lowest BCUT2D eigenvalue weighted by atomic mass is 9.92. The summed E-state index contributed by atoms with van der Waals surface area (Å²) >= 11 is 0. The van der Waals surface area contributed by atoms with Crippen LogP contribution in [-0.2, 0) is 5.67 Å². The number of aromatic carboxylic acids is 1. The second-order valence-corrected chi connectivity index (χ2v) is 5.11. The van der Waals surface area contributed by atoms with E-state index >= 15 is 0 Å². The van der Waals surface area contributed by atoms with Crippen molar-refractivity contribution in [2.75, 3.05) is 6.79 Å². The van der Waals surface area contributed by atoms with Crippen LogP contribution in [0.4, 0.5) is 4.39 Å². The first-order valence-corrected chi connectivity index (χ1v) is 6.19. The van der Waals surface area contributed by atoms with Gasteiger partial charge in [-0.25, -0.2) is 9.18 Å². The van der Waals surface area contributed by atoms with Gasteiger partial charge in [0.05, 0.1) is 0 Å². The Balaban J connectivity index is 2.17. The summed E-state index contributed by atoms with van der Waals surface area (Å²) in [5.41, 5.74) is -0.718. The minimum absolute atomic E-state index is 0.0597. The minimum atomic E-state index is -1.67. The molecule has 0 aliphatic carbocycles. The van der Waals surface area contributed by atoms with Gasteiger partial charge in [0, 0.05) is 17.2 Å². The van der Waals surface area contributed by atoms with E-state index in [9.17, 15) is 9.18 Å². The molecule has 110 valence electrons. The number of carboxylic acids is 1. The van der Waals surface area contributed by atoms with Gasteiger partial charge in [0.15, 0.2) is 11.5 Å². The minimum Gasteiger partial charge on any atom is -0.475 e. The Morgan fingerprint density at radius 1 is 1.29 bits per heavy atom. The van der Waals surface area contributed by atoms with Gasteiger partial charge in [-0.05, 0) is 26.0 Å². The smallest absolute Gasteiger partial charge is 0.374 e. The zero-order valence-electron chi connectivity index (χ0n) is 11.3. The fourth-order valence-corrected chi connectivity index (χ4v) is 2.15. The van der Waals surface area contributed by atoms with Crippen LogP contribution in [0.15, 0.2) is 22.7 Å². The van der Waals surface area contributed by atoms with Crippen molar-refractivity contribution in [3.05, 3.63) is 29.5 Å². The molecule has 6 nitrogen and oxygen atoms in total. The normalized spacial score (nSPS) is 13.5. The monoisotopic (exact) mass is 293 g/mol. The zero-order valence-corrected chi connectivity index (χ0v) is 11.3. The van der Waals surface area contributed by atoms with Crippen LogP contribution in [-0.4, -0.2) is 23.0 Å². The molecule has 1 aromatic heterocycles. The number of fused-ring (bicyclic) bond motifs is 1. The average Bonchev–Trinajstić information content (AvgIpc) is 3.04. The predicted octanol–water partition coefficient (Wildman–Crippen LogP) is 2.97. The molecule has 0 atom stereocenters. The first kappa shape index (κ1) is 13.4. The van der Waals surface area contributed by atoms with Crippen LogP contribution >= 0.6 is 0 Å². The summed E-state index contributed by atoms with van der Waals surface area (Å²) in [7, 11) is 0. The Bertz CT molecular complexity index is 717. The largest absolute Gasteiger partial charge is 0.475 e. The first-order valence-electron chi connectivity index (χ1n) is 6.19. The highest BCUT2D eigenvalue weighted by molar-refractivity contribution is 5.86. The Morgan fingerprint density at radius 2 is 1.95 bits per heavy atom. The molecule has 0 unspecified atom stereocenters. The maximum absolute atomic E-state index is 14.4. The van der Waals surface area contributed by atoms with Gasteiger partial charge < -0.3 is 19.1 Å². The fourth-order valence-electron chi connectivity index (χ4n) is 2.15. The zero-order chi connectivity index (χ0) is 15.2. The molecule has 3 rings (SSSR count). The van der Waals surface area contributed by atoms with Crippen LogP contribution < -0.4 is 9.47 Å². The van der Waals surface area contributed by atoms with Crippen LogP contribution in [0.2, 0.25) is 0 Å². The SMILES string of the molecule is CC(C)(F)c1cc2c(cc1-c1cc(C(=O)O)on1)OCO2. The highest BCUT2D eigenvalue weighted by Gasteiger charge is 2.29. The standard InChI is InChI=1S/C14H12FNO5/c1-14(2,15)8-4-11-10(19-6-20-11)3-7(8)9-5-12(13(17)18)21-16-9/h3-5H,6H2,1-2H3,(H,17,18). The van der Waals surface area contributed by atoms with Crippen molar-refractivity contribution >= 4 is 5.97 Å². The van der Waals surface area contributed by atoms with Gasteiger partial charge in [0.25, 0.3) is 0 Å². The van der Waals surface area contributed by atoms with E-state index in [0.717, 1.165) is 0 Å². The van der Waals surface area contributed by atoms with Crippen LogP contribution in [0.1, 0.15) is 30.0 Å². The summed E-state index contributed by atoms with van der Waals surface area (Å²) in [4.78, 5) is 10.9. The van der Waals surface area contributed by atoms with Crippen molar-refractivity contribution in [1.82, 2.24) is 5.16 Å². The highest BCUT2D eigenvalue weighted by atomic mass is 19.1. The van der Waals surface area contributed by atoms with Gasteiger partial charge in [-0.2, -0.15) is 0 Å². The molecule has 7 heteroatoms. The van der Waals surface area contributed by atoms with E-state index in [1.54, 1.807) is 6.07 Å². The molecule has 1 aliphatic rings. The molecule has 2 heterocycles. The van der Waals surface area contributed by atoms with E-state index in [0.29, 0.717) is 22.6 Å². The number of ether oxygens (including phenoxy) is 2. The summed E-state index contributed by atoms with van der Waals surface area (Å²) < 4.78 is 29.7. The van der Waals surface area contributed by atoms with Crippen molar-refractivity contribution in [3.63, 3.8) is 0 Å². The van der Waals surface area contributed by atoms with Gasteiger partial charge in [-0.1, -0.05) is 5.16 Å². The van der Waals surface area contributed by atoms with E-state index in [4.69, 9.17) is 19.1 Å². The van der Waals surface area contributed by atoms with Crippen LogP contribution in [0, 0.1) is 0 Å².